The molecule has 0 saturated heterocycles. The van der Waals surface area contributed by atoms with E-state index in [-0.39, 0.29) is 4.90 Å². The number of para-hydroxylation sites is 1. The number of aromatic nitrogens is 1. The molecule has 0 saturated carbocycles. The number of anilines is 1. The van der Waals surface area contributed by atoms with Gasteiger partial charge in [0.15, 0.2) is 0 Å². The lowest BCUT2D eigenvalue weighted by Gasteiger charge is -2.16. The van der Waals surface area contributed by atoms with Gasteiger partial charge in [-0.15, -0.1) is 0 Å². The average molecular weight is 398 g/mol. The fraction of sp³-hybridized carbons (Fsp3) is 0.286. The molecule has 0 fully saturated rings. The van der Waals surface area contributed by atoms with Crippen molar-refractivity contribution >= 4 is 26.6 Å². The molecule has 0 spiro atoms. The number of H-pyrrole nitrogens is 1. The molecule has 28 heavy (non-hydrogen) atoms. The van der Waals surface area contributed by atoms with E-state index in [1.807, 2.05) is 0 Å². The molecule has 1 aromatic heterocycles. The number of nitriles is 1. The second-order valence-electron chi connectivity index (χ2n) is 7.46. The number of hydrogen-bond donors (Lipinski definition) is 3. The van der Waals surface area contributed by atoms with Crippen LogP contribution < -0.4 is 4.72 Å². The standard InChI is InChI=1S/C21H23N3O3S/c1-21(2,25)12-4-5-15-8-10-17(11-9-15)28(26,27)24-19-7-3-6-18-16(13-22)14-23-20(18)19/h3,6-11,14,23-25H,4-5,12H2,1-2H3. The largest absolute Gasteiger partial charge is 0.390 e. The summed E-state index contributed by atoms with van der Waals surface area (Å²) in [7, 11) is -3.76. The van der Waals surface area contributed by atoms with E-state index >= 15 is 0 Å². The Balaban J connectivity index is 1.77. The Bertz CT molecular complexity index is 1120. The van der Waals surface area contributed by atoms with Crippen LogP contribution in [0.4, 0.5) is 5.69 Å². The Morgan fingerprint density at radius 3 is 2.54 bits per heavy atom. The molecule has 3 N–H and O–H groups in total. The second-order valence-corrected chi connectivity index (χ2v) is 9.14. The van der Waals surface area contributed by atoms with Crippen LogP contribution in [0.15, 0.2) is 53.6 Å². The predicted molar refractivity (Wildman–Crippen MR) is 110 cm³/mol. The van der Waals surface area contributed by atoms with Gasteiger partial charge in [-0.05, 0) is 56.9 Å². The predicted octanol–water partition coefficient (Wildman–Crippen LogP) is 3.93. The van der Waals surface area contributed by atoms with Gasteiger partial charge in [-0.3, -0.25) is 4.72 Å². The minimum Gasteiger partial charge on any atom is -0.390 e. The number of aliphatic hydroxyl groups is 1. The van der Waals surface area contributed by atoms with Crippen molar-refractivity contribution in [2.24, 2.45) is 0 Å². The number of hydrogen-bond acceptors (Lipinski definition) is 4. The van der Waals surface area contributed by atoms with Gasteiger partial charge < -0.3 is 10.1 Å². The molecule has 0 amide bonds. The van der Waals surface area contributed by atoms with E-state index in [1.54, 1.807) is 62.5 Å². The number of aryl methyl sites for hydroxylation is 1. The number of sulfonamides is 1. The molecule has 0 aliphatic carbocycles. The maximum absolute atomic E-state index is 12.8. The molecule has 0 aliphatic heterocycles. The summed E-state index contributed by atoms with van der Waals surface area (Å²) in [4.78, 5) is 3.13. The molecule has 0 atom stereocenters. The van der Waals surface area contributed by atoms with Crippen LogP contribution >= 0.6 is 0 Å². The lowest BCUT2D eigenvalue weighted by atomic mass is 9.99. The van der Waals surface area contributed by atoms with Crippen LogP contribution in [0.1, 0.15) is 37.8 Å². The molecule has 7 heteroatoms. The summed E-state index contributed by atoms with van der Waals surface area (Å²) in [6.07, 6.45) is 3.84. The van der Waals surface area contributed by atoms with E-state index in [9.17, 15) is 13.5 Å². The SMILES string of the molecule is CC(C)(O)CCCc1ccc(S(=O)(=O)Nc2cccc3c(C#N)c[nH]c23)cc1. The summed E-state index contributed by atoms with van der Waals surface area (Å²) in [5, 5.41) is 19.6. The molecule has 6 nitrogen and oxygen atoms in total. The monoisotopic (exact) mass is 397 g/mol. The Labute approximate surface area is 164 Å². The van der Waals surface area contributed by atoms with Crippen LogP contribution in [0.3, 0.4) is 0 Å². The summed E-state index contributed by atoms with van der Waals surface area (Å²) in [6, 6.07) is 14.0. The zero-order chi connectivity index (χ0) is 20.4. The second kappa shape index (κ2) is 7.66. The van der Waals surface area contributed by atoms with Gasteiger partial charge in [0.05, 0.1) is 27.3 Å². The first kappa shape index (κ1) is 19.9. The lowest BCUT2D eigenvalue weighted by Crippen LogP contribution is -2.18. The van der Waals surface area contributed by atoms with Crippen LogP contribution in [-0.4, -0.2) is 24.1 Å². The molecule has 3 rings (SSSR count). The van der Waals surface area contributed by atoms with Crippen molar-refractivity contribution < 1.29 is 13.5 Å². The van der Waals surface area contributed by atoms with Crippen molar-refractivity contribution in [1.29, 1.82) is 5.26 Å². The molecule has 2 aromatic carbocycles. The number of aromatic amines is 1. The Hall–Kier alpha value is -2.82. The lowest BCUT2D eigenvalue weighted by molar-refractivity contribution is 0.0689. The summed E-state index contributed by atoms with van der Waals surface area (Å²) in [5.74, 6) is 0. The van der Waals surface area contributed by atoms with Gasteiger partial charge in [0.1, 0.15) is 6.07 Å². The minimum atomic E-state index is -3.76. The Morgan fingerprint density at radius 2 is 1.89 bits per heavy atom. The summed E-state index contributed by atoms with van der Waals surface area (Å²) in [5.41, 5.74) is 1.76. The quantitative estimate of drug-likeness (QED) is 0.561. The first-order valence-corrected chi connectivity index (χ1v) is 10.5. The van der Waals surface area contributed by atoms with Crippen molar-refractivity contribution in [1.82, 2.24) is 4.98 Å². The van der Waals surface area contributed by atoms with E-state index in [4.69, 9.17) is 5.26 Å². The summed E-state index contributed by atoms with van der Waals surface area (Å²) in [6.45, 7) is 3.55. The third kappa shape index (κ3) is 4.53. The third-order valence-corrected chi connectivity index (χ3v) is 5.95. The van der Waals surface area contributed by atoms with Crippen molar-refractivity contribution in [2.45, 2.75) is 43.6 Å². The van der Waals surface area contributed by atoms with Crippen molar-refractivity contribution in [3.63, 3.8) is 0 Å². The molecular formula is C21H23N3O3S. The number of fused-ring (bicyclic) bond motifs is 1. The zero-order valence-electron chi connectivity index (χ0n) is 15.9. The van der Waals surface area contributed by atoms with E-state index in [0.29, 0.717) is 28.6 Å². The molecular weight excluding hydrogens is 374 g/mol. The average Bonchev–Trinajstić information content (AvgIpc) is 3.05. The zero-order valence-corrected chi connectivity index (χ0v) is 16.7. The highest BCUT2D eigenvalue weighted by Crippen LogP contribution is 2.27. The van der Waals surface area contributed by atoms with E-state index in [1.165, 1.54) is 0 Å². The summed E-state index contributed by atoms with van der Waals surface area (Å²) < 4.78 is 28.1. The van der Waals surface area contributed by atoms with E-state index in [0.717, 1.165) is 18.4 Å². The van der Waals surface area contributed by atoms with E-state index < -0.39 is 15.6 Å². The van der Waals surface area contributed by atoms with Gasteiger partial charge in [0.25, 0.3) is 10.0 Å². The highest BCUT2D eigenvalue weighted by Gasteiger charge is 2.17. The van der Waals surface area contributed by atoms with E-state index in [2.05, 4.69) is 15.8 Å². The number of benzene rings is 2. The highest BCUT2D eigenvalue weighted by atomic mass is 32.2. The third-order valence-electron chi connectivity index (χ3n) is 4.57. The molecule has 0 bridgehead atoms. The first-order valence-electron chi connectivity index (χ1n) is 9.04. The minimum absolute atomic E-state index is 0.169. The van der Waals surface area contributed by atoms with Crippen molar-refractivity contribution in [3.8, 4) is 6.07 Å². The maximum atomic E-state index is 12.8. The van der Waals surface area contributed by atoms with Gasteiger partial charge in [-0.2, -0.15) is 5.26 Å². The first-order chi connectivity index (χ1) is 13.2. The molecule has 146 valence electrons. The van der Waals surface area contributed by atoms with Crippen molar-refractivity contribution in [3.05, 3.63) is 59.8 Å². The number of rotatable bonds is 7. The fourth-order valence-corrected chi connectivity index (χ4v) is 4.17. The van der Waals surface area contributed by atoms with Crippen LogP contribution in [0, 0.1) is 11.3 Å². The smallest absolute Gasteiger partial charge is 0.261 e. The Kier molecular flexibility index (Phi) is 5.45. The number of nitrogens with zero attached hydrogens (tertiary/aromatic N) is 1. The molecule has 0 radical (unpaired) electrons. The normalized spacial score (nSPS) is 12.1. The highest BCUT2D eigenvalue weighted by molar-refractivity contribution is 7.92. The summed E-state index contributed by atoms with van der Waals surface area (Å²) >= 11 is 0. The molecule has 0 aliphatic rings. The Morgan fingerprint density at radius 1 is 1.18 bits per heavy atom. The van der Waals surface area contributed by atoms with Gasteiger partial charge in [0.2, 0.25) is 0 Å². The van der Waals surface area contributed by atoms with Gasteiger partial charge >= 0.3 is 0 Å². The molecule has 1 heterocycles. The van der Waals surface area contributed by atoms with Gasteiger partial charge in [-0.25, -0.2) is 8.42 Å². The van der Waals surface area contributed by atoms with Crippen LogP contribution in [0.25, 0.3) is 10.9 Å². The molecule has 3 aromatic rings. The van der Waals surface area contributed by atoms with Crippen LogP contribution in [0.2, 0.25) is 0 Å². The van der Waals surface area contributed by atoms with Crippen LogP contribution in [-0.2, 0) is 16.4 Å². The van der Waals surface area contributed by atoms with Gasteiger partial charge in [-0.1, -0.05) is 24.3 Å². The molecule has 0 unspecified atom stereocenters. The fourth-order valence-electron chi connectivity index (χ4n) is 3.10. The van der Waals surface area contributed by atoms with Crippen LogP contribution in [0.5, 0.6) is 0 Å². The topological polar surface area (TPSA) is 106 Å². The van der Waals surface area contributed by atoms with Gasteiger partial charge in [0, 0.05) is 11.6 Å². The number of nitrogens with one attached hydrogen (secondary N) is 2. The maximum Gasteiger partial charge on any atom is 0.261 e. The van der Waals surface area contributed by atoms with Crippen molar-refractivity contribution in [2.75, 3.05) is 4.72 Å².